The number of nitrogens with one attached hydrogen (secondary N) is 1. The smallest absolute Gasteiger partial charge is 0.220 e. The maximum absolute atomic E-state index is 10.9. The Balaban J connectivity index is 2.41. The van der Waals surface area contributed by atoms with E-state index in [1.54, 1.807) is 0 Å². The van der Waals surface area contributed by atoms with E-state index in [2.05, 4.69) is 5.32 Å². The van der Waals surface area contributed by atoms with Crippen LogP contribution < -0.4 is 11.1 Å². The van der Waals surface area contributed by atoms with Crippen LogP contribution >= 0.6 is 0 Å². The van der Waals surface area contributed by atoms with Crippen LogP contribution in [0, 0.1) is 5.92 Å². The van der Waals surface area contributed by atoms with Gasteiger partial charge in [0.05, 0.1) is 0 Å². The Morgan fingerprint density at radius 2 is 2.08 bits per heavy atom. The first-order valence-corrected chi connectivity index (χ1v) is 4.66. The first-order chi connectivity index (χ1) is 6.09. The fourth-order valence-electron chi connectivity index (χ4n) is 1.87. The highest BCUT2D eigenvalue weighted by atomic mass is 16.2. The second kappa shape index (κ2) is 4.25. The van der Waals surface area contributed by atoms with Crippen LogP contribution in [0.5, 0.6) is 0 Å². The van der Waals surface area contributed by atoms with Gasteiger partial charge in [0, 0.05) is 18.9 Å². The van der Waals surface area contributed by atoms with E-state index in [9.17, 15) is 9.59 Å². The van der Waals surface area contributed by atoms with E-state index in [4.69, 9.17) is 5.73 Å². The lowest BCUT2D eigenvalue weighted by atomic mass is 9.85. The molecular weight excluding hydrogens is 168 g/mol. The minimum Gasteiger partial charge on any atom is -0.369 e. The van der Waals surface area contributed by atoms with Gasteiger partial charge < -0.3 is 11.1 Å². The number of hydrogen-bond acceptors (Lipinski definition) is 2. The van der Waals surface area contributed by atoms with E-state index in [0.29, 0.717) is 6.42 Å². The van der Waals surface area contributed by atoms with Crippen LogP contribution in [0.1, 0.15) is 32.6 Å². The highest BCUT2D eigenvalue weighted by molar-refractivity contribution is 5.77. The fourth-order valence-corrected chi connectivity index (χ4v) is 1.87. The normalized spacial score (nSPS) is 28.1. The largest absolute Gasteiger partial charge is 0.369 e. The van der Waals surface area contributed by atoms with Crippen LogP contribution in [0.4, 0.5) is 0 Å². The molecule has 0 bridgehead atoms. The zero-order chi connectivity index (χ0) is 9.84. The van der Waals surface area contributed by atoms with Gasteiger partial charge >= 0.3 is 0 Å². The molecule has 0 heterocycles. The molecule has 1 aliphatic rings. The molecule has 0 aliphatic heterocycles. The Morgan fingerprint density at radius 3 is 2.62 bits per heavy atom. The predicted molar refractivity (Wildman–Crippen MR) is 48.8 cm³/mol. The molecule has 2 amide bonds. The van der Waals surface area contributed by atoms with Crippen molar-refractivity contribution in [2.45, 2.75) is 38.6 Å². The molecular formula is C9H16N2O2. The summed E-state index contributed by atoms with van der Waals surface area (Å²) in [5, 5.41) is 2.82. The summed E-state index contributed by atoms with van der Waals surface area (Å²) in [5.74, 6) is -0.323. The lowest BCUT2D eigenvalue weighted by molar-refractivity contribution is -0.124. The number of carbonyl (C=O) groups excluding carboxylic acids is 2. The van der Waals surface area contributed by atoms with Crippen molar-refractivity contribution in [3.8, 4) is 0 Å². The van der Waals surface area contributed by atoms with Crippen LogP contribution in [0.3, 0.4) is 0 Å². The summed E-state index contributed by atoms with van der Waals surface area (Å²) in [6.07, 6.45) is 3.50. The zero-order valence-electron chi connectivity index (χ0n) is 7.88. The minimum atomic E-state index is -0.241. The quantitative estimate of drug-likeness (QED) is 0.642. The van der Waals surface area contributed by atoms with Gasteiger partial charge in [-0.2, -0.15) is 0 Å². The average molecular weight is 184 g/mol. The summed E-state index contributed by atoms with van der Waals surface area (Å²) in [7, 11) is 0. The highest BCUT2D eigenvalue weighted by Crippen LogP contribution is 2.23. The predicted octanol–water partition coefficient (Wildman–Crippen LogP) is 0.167. The van der Waals surface area contributed by atoms with Gasteiger partial charge in [0.15, 0.2) is 0 Å². The highest BCUT2D eigenvalue weighted by Gasteiger charge is 2.25. The molecule has 4 nitrogen and oxygen atoms in total. The molecule has 0 aromatic carbocycles. The maximum Gasteiger partial charge on any atom is 0.220 e. The summed E-state index contributed by atoms with van der Waals surface area (Å²) >= 11 is 0. The summed E-state index contributed by atoms with van der Waals surface area (Å²) in [5.41, 5.74) is 5.21. The Bertz CT molecular complexity index is 216. The van der Waals surface area contributed by atoms with Gasteiger partial charge in [-0.15, -0.1) is 0 Å². The van der Waals surface area contributed by atoms with Crippen molar-refractivity contribution in [2.24, 2.45) is 11.7 Å². The first-order valence-electron chi connectivity index (χ1n) is 4.66. The molecule has 1 fully saturated rings. The van der Waals surface area contributed by atoms with Crippen molar-refractivity contribution in [1.82, 2.24) is 5.32 Å². The SMILES string of the molecule is CC(=O)N[C@H]1CCC[C@@H](C(N)=O)C1. The van der Waals surface area contributed by atoms with Crippen LogP contribution in [0.2, 0.25) is 0 Å². The third-order valence-electron chi connectivity index (χ3n) is 2.48. The topological polar surface area (TPSA) is 72.2 Å². The number of carbonyl (C=O) groups is 2. The fraction of sp³-hybridized carbons (Fsp3) is 0.778. The molecule has 0 aromatic rings. The van der Waals surface area contributed by atoms with Crippen LogP contribution in [-0.4, -0.2) is 17.9 Å². The van der Waals surface area contributed by atoms with Gasteiger partial charge in [-0.1, -0.05) is 6.42 Å². The number of primary amides is 1. The molecule has 1 saturated carbocycles. The number of nitrogens with two attached hydrogens (primary N) is 1. The molecule has 0 radical (unpaired) electrons. The average Bonchev–Trinajstić information content (AvgIpc) is 2.03. The molecule has 3 N–H and O–H groups in total. The Morgan fingerprint density at radius 1 is 1.38 bits per heavy atom. The molecule has 0 aromatic heterocycles. The summed E-state index contributed by atoms with van der Waals surface area (Å²) in [4.78, 5) is 21.7. The van der Waals surface area contributed by atoms with Crippen molar-refractivity contribution in [2.75, 3.05) is 0 Å². The second-order valence-electron chi connectivity index (χ2n) is 3.66. The van der Waals surface area contributed by atoms with Crippen molar-refractivity contribution < 1.29 is 9.59 Å². The number of hydrogen-bond donors (Lipinski definition) is 2. The molecule has 2 atom stereocenters. The summed E-state index contributed by atoms with van der Waals surface area (Å²) in [6.45, 7) is 1.49. The number of rotatable bonds is 2. The first kappa shape index (κ1) is 10.0. The lowest BCUT2D eigenvalue weighted by Crippen LogP contribution is -2.40. The van der Waals surface area contributed by atoms with E-state index in [1.807, 2.05) is 0 Å². The summed E-state index contributed by atoms with van der Waals surface area (Å²) < 4.78 is 0. The molecule has 0 unspecified atom stereocenters. The van der Waals surface area contributed by atoms with Crippen LogP contribution in [0.25, 0.3) is 0 Å². The third kappa shape index (κ3) is 3.05. The van der Waals surface area contributed by atoms with Gasteiger partial charge in [-0.3, -0.25) is 9.59 Å². The van der Waals surface area contributed by atoms with E-state index < -0.39 is 0 Å². The van der Waals surface area contributed by atoms with Crippen LogP contribution in [-0.2, 0) is 9.59 Å². The van der Waals surface area contributed by atoms with Crippen molar-refractivity contribution in [1.29, 1.82) is 0 Å². The molecule has 1 aliphatic carbocycles. The monoisotopic (exact) mass is 184 g/mol. The van der Waals surface area contributed by atoms with E-state index >= 15 is 0 Å². The van der Waals surface area contributed by atoms with Crippen molar-refractivity contribution in [3.63, 3.8) is 0 Å². The molecule has 74 valence electrons. The van der Waals surface area contributed by atoms with Crippen molar-refractivity contribution >= 4 is 11.8 Å². The van der Waals surface area contributed by atoms with E-state index in [-0.39, 0.29) is 23.8 Å². The Kier molecular flexibility index (Phi) is 3.28. The molecule has 0 saturated heterocycles. The van der Waals surface area contributed by atoms with Crippen molar-refractivity contribution in [3.05, 3.63) is 0 Å². The zero-order valence-corrected chi connectivity index (χ0v) is 7.88. The van der Waals surface area contributed by atoms with Crippen LogP contribution in [0.15, 0.2) is 0 Å². The number of amides is 2. The lowest BCUT2D eigenvalue weighted by Gasteiger charge is -2.27. The molecule has 4 heteroatoms. The van der Waals surface area contributed by atoms with Gasteiger partial charge in [0.2, 0.25) is 11.8 Å². The van der Waals surface area contributed by atoms with Gasteiger partial charge in [-0.25, -0.2) is 0 Å². The minimum absolute atomic E-state index is 0.0323. The molecule has 1 rings (SSSR count). The van der Waals surface area contributed by atoms with E-state index in [0.717, 1.165) is 19.3 Å². The van der Waals surface area contributed by atoms with Gasteiger partial charge in [0.25, 0.3) is 0 Å². The molecule has 0 spiro atoms. The third-order valence-corrected chi connectivity index (χ3v) is 2.48. The van der Waals surface area contributed by atoms with Gasteiger partial charge in [-0.05, 0) is 19.3 Å². The molecule has 13 heavy (non-hydrogen) atoms. The Hall–Kier alpha value is -1.06. The van der Waals surface area contributed by atoms with E-state index in [1.165, 1.54) is 6.92 Å². The maximum atomic E-state index is 10.9. The summed E-state index contributed by atoms with van der Waals surface area (Å²) in [6, 6.07) is 0.142. The van der Waals surface area contributed by atoms with Gasteiger partial charge in [0.1, 0.15) is 0 Å². The standard InChI is InChI=1S/C9H16N2O2/c1-6(12)11-8-4-2-3-7(5-8)9(10)13/h7-8H,2-5H2,1H3,(H2,10,13)(H,11,12)/t7-,8+/m1/s1. The second-order valence-corrected chi connectivity index (χ2v) is 3.66. The Labute approximate surface area is 77.9 Å².